The summed E-state index contributed by atoms with van der Waals surface area (Å²) in [7, 11) is 1.84. The molecule has 1 unspecified atom stereocenters. The molecule has 1 amide bonds. The molecule has 0 radical (unpaired) electrons. The Balaban J connectivity index is 2.08. The van der Waals surface area contributed by atoms with E-state index >= 15 is 0 Å². The molecule has 6 nitrogen and oxygen atoms in total. The molecule has 110 valence electrons. The number of amides is 1. The van der Waals surface area contributed by atoms with Crippen molar-refractivity contribution in [2.75, 3.05) is 30.8 Å². The molecular formula is C14H23N5O. The molecule has 1 atom stereocenters. The van der Waals surface area contributed by atoms with Crippen molar-refractivity contribution in [1.82, 2.24) is 14.9 Å². The van der Waals surface area contributed by atoms with E-state index in [0.717, 1.165) is 43.4 Å². The number of carbonyl (C=O) groups excluding carboxylic acids is 1. The van der Waals surface area contributed by atoms with Gasteiger partial charge in [-0.3, -0.25) is 4.79 Å². The first-order valence-electron chi connectivity index (χ1n) is 7.24. The highest BCUT2D eigenvalue weighted by atomic mass is 16.2. The van der Waals surface area contributed by atoms with Gasteiger partial charge in [-0.05, 0) is 13.3 Å². The third-order valence-corrected chi connectivity index (χ3v) is 3.43. The van der Waals surface area contributed by atoms with E-state index in [4.69, 9.17) is 0 Å². The second kappa shape index (κ2) is 6.54. The maximum absolute atomic E-state index is 11.5. The number of carbonyl (C=O) groups is 1. The summed E-state index contributed by atoms with van der Waals surface area (Å²) >= 11 is 0. The van der Waals surface area contributed by atoms with Crippen molar-refractivity contribution in [2.24, 2.45) is 0 Å². The highest BCUT2D eigenvalue weighted by molar-refractivity contribution is 5.77. The first kappa shape index (κ1) is 14.6. The molecule has 0 aromatic carbocycles. The van der Waals surface area contributed by atoms with Crippen molar-refractivity contribution in [1.29, 1.82) is 0 Å². The molecule has 1 aliphatic rings. The van der Waals surface area contributed by atoms with Crippen molar-refractivity contribution in [3.05, 3.63) is 11.9 Å². The lowest BCUT2D eigenvalue weighted by Crippen LogP contribution is -2.43. The summed E-state index contributed by atoms with van der Waals surface area (Å²) in [6, 6.07) is 2.19. The van der Waals surface area contributed by atoms with E-state index in [-0.39, 0.29) is 11.9 Å². The SMILES string of the molecule is CCNc1cc(NC2CCC(=O)N(C)C2)nc(CC)n1. The molecule has 2 heterocycles. The molecule has 0 aliphatic carbocycles. The van der Waals surface area contributed by atoms with E-state index in [1.165, 1.54) is 0 Å². The smallest absolute Gasteiger partial charge is 0.222 e. The Hall–Kier alpha value is -1.85. The van der Waals surface area contributed by atoms with Gasteiger partial charge in [-0.2, -0.15) is 0 Å². The molecule has 0 saturated carbocycles. The second-order valence-corrected chi connectivity index (χ2v) is 5.09. The number of aryl methyl sites for hydroxylation is 1. The standard InChI is InChI=1S/C14H23N5O/c1-4-11-17-12(15-5-2)8-13(18-11)16-10-6-7-14(20)19(3)9-10/h8,10H,4-7,9H2,1-3H3,(H2,15,16,17,18). The fourth-order valence-electron chi connectivity index (χ4n) is 2.34. The van der Waals surface area contributed by atoms with Gasteiger partial charge in [0.25, 0.3) is 0 Å². The van der Waals surface area contributed by atoms with E-state index in [0.29, 0.717) is 6.42 Å². The summed E-state index contributed by atoms with van der Waals surface area (Å²) in [6.07, 6.45) is 2.25. The van der Waals surface area contributed by atoms with Crippen LogP contribution in [0, 0.1) is 0 Å². The Bertz CT molecular complexity index is 477. The lowest BCUT2D eigenvalue weighted by atomic mass is 10.1. The van der Waals surface area contributed by atoms with Gasteiger partial charge in [0.05, 0.1) is 0 Å². The maximum atomic E-state index is 11.5. The predicted octanol–water partition coefficient (Wildman–Crippen LogP) is 1.50. The van der Waals surface area contributed by atoms with Gasteiger partial charge in [-0.15, -0.1) is 0 Å². The van der Waals surface area contributed by atoms with Crippen molar-refractivity contribution in [2.45, 2.75) is 39.2 Å². The Kier molecular flexibility index (Phi) is 4.76. The van der Waals surface area contributed by atoms with Crippen molar-refractivity contribution >= 4 is 17.5 Å². The fraction of sp³-hybridized carbons (Fsp3) is 0.643. The number of aromatic nitrogens is 2. The molecule has 1 aliphatic heterocycles. The zero-order chi connectivity index (χ0) is 14.5. The maximum Gasteiger partial charge on any atom is 0.222 e. The third kappa shape index (κ3) is 3.59. The van der Waals surface area contributed by atoms with Gasteiger partial charge in [0, 0.05) is 45.1 Å². The van der Waals surface area contributed by atoms with Crippen LogP contribution in [0.4, 0.5) is 11.6 Å². The van der Waals surface area contributed by atoms with E-state index in [1.807, 2.05) is 27.0 Å². The Labute approximate surface area is 120 Å². The molecule has 6 heteroatoms. The number of hydrogen-bond acceptors (Lipinski definition) is 5. The summed E-state index contributed by atoms with van der Waals surface area (Å²) in [5.41, 5.74) is 0. The van der Waals surface area contributed by atoms with Crippen LogP contribution in [0.5, 0.6) is 0 Å². The number of nitrogens with one attached hydrogen (secondary N) is 2. The zero-order valence-electron chi connectivity index (χ0n) is 12.4. The summed E-state index contributed by atoms with van der Waals surface area (Å²) in [4.78, 5) is 22.2. The Morgan fingerprint density at radius 3 is 2.75 bits per heavy atom. The monoisotopic (exact) mass is 277 g/mol. The van der Waals surface area contributed by atoms with Crippen molar-refractivity contribution in [3.63, 3.8) is 0 Å². The molecular weight excluding hydrogens is 254 g/mol. The van der Waals surface area contributed by atoms with E-state index in [9.17, 15) is 4.79 Å². The predicted molar refractivity (Wildman–Crippen MR) is 79.9 cm³/mol. The minimum atomic E-state index is 0.216. The molecule has 0 spiro atoms. The van der Waals surface area contributed by atoms with Crippen LogP contribution in [0.1, 0.15) is 32.5 Å². The molecule has 1 saturated heterocycles. The highest BCUT2D eigenvalue weighted by Gasteiger charge is 2.23. The highest BCUT2D eigenvalue weighted by Crippen LogP contribution is 2.17. The topological polar surface area (TPSA) is 70.2 Å². The number of nitrogens with zero attached hydrogens (tertiary/aromatic N) is 3. The second-order valence-electron chi connectivity index (χ2n) is 5.09. The van der Waals surface area contributed by atoms with Crippen LogP contribution >= 0.6 is 0 Å². The molecule has 1 fully saturated rings. The summed E-state index contributed by atoms with van der Waals surface area (Å²) < 4.78 is 0. The largest absolute Gasteiger partial charge is 0.370 e. The summed E-state index contributed by atoms with van der Waals surface area (Å²) in [5.74, 6) is 2.72. The lowest BCUT2D eigenvalue weighted by molar-refractivity contribution is -0.132. The average molecular weight is 277 g/mol. The van der Waals surface area contributed by atoms with Gasteiger partial charge < -0.3 is 15.5 Å². The van der Waals surface area contributed by atoms with E-state index in [2.05, 4.69) is 20.6 Å². The number of rotatable bonds is 5. The van der Waals surface area contributed by atoms with Gasteiger partial charge in [-0.1, -0.05) is 6.92 Å². The molecule has 1 aromatic heterocycles. The fourth-order valence-corrected chi connectivity index (χ4v) is 2.34. The molecule has 20 heavy (non-hydrogen) atoms. The van der Waals surface area contributed by atoms with Crippen LogP contribution in [0.3, 0.4) is 0 Å². The van der Waals surface area contributed by atoms with Crippen molar-refractivity contribution in [3.8, 4) is 0 Å². The van der Waals surface area contributed by atoms with Gasteiger partial charge in [-0.25, -0.2) is 9.97 Å². The van der Waals surface area contributed by atoms with Crippen LogP contribution in [-0.4, -0.2) is 47.0 Å². The van der Waals surface area contributed by atoms with Crippen LogP contribution in [0.15, 0.2) is 6.07 Å². The quantitative estimate of drug-likeness (QED) is 0.853. The Morgan fingerprint density at radius 1 is 1.35 bits per heavy atom. The minimum Gasteiger partial charge on any atom is -0.370 e. The van der Waals surface area contributed by atoms with Gasteiger partial charge in [0.15, 0.2) is 0 Å². The molecule has 1 aromatic rings. The minimum absolute atomic E-state index is 0.216. The van der Waals surface area contributed by atoms with E-state index < -0.39 is 0 Å². The van der Waals surface area contributed by atoms with Gasteiger partial charge in [0.1, 0.15) is 17.5 Å². The Morgan fingerprint density at radius 2 is 2.10 bits per heavy atom. The average Bonchev–Trinajstić information content (AvgIpc) is 2.43. The molecule has 2 N–H and O–H groups in total. The number of piperidine rings is 1. The lowest BCUT2D eigenvalue weighted by Gasteiger charge is -2.30. The van der Waals surface area contributed by atoms with Crippen LogP contribution in [0.25, 0.3) is 0 Å². The number of anilines is 2. The van der Waals surface area contributed by atoms with Crippen LogP contribution in [0.2, 0.25) is 0 Å². The molecule has 2 rings (SSSR count). The van der Waals surface area contributed by atoms with E-state index in [1.54, 1.807) is 4.90 Å². The summed E-state index contributed by atoms with van der Waals surface area (Å²) in [6.45, 7) is 5.64. The van der Waals surface area contributed by atoms with Crippen molar-refractivity contribution < 1.29 is 4.79 Å². The van der Waals surface area contributed by atoms with Gasteiger partial charge in [0.2, 0.25) is 5.91 Å². The van der Waals surface area contributed by atoms with Crippen LogP contribution in [-0.2, 0) is 11.2 Å². The number of likely N-dealkylation sites (tertiary alicyclic amines) is 1. The molecule has 0 bridgehead atoms. The summed E-state index contributed by atoms with van der Waals surface area (Å²) in [5, 5.41) is 6.64. The zero-order valence-corrected chi connectivity index (χ0v) is 12.4. The third-order valence-electron chi connectivity index (χ3n) is 3.43. The first-order valence-corrected chi connectivity index (χ1v) is 7.24. The number of likely N-dealkylation sites (N-methyl/N-ethyl adjacent to an activating group) is 1. The van der Waals surface area contributed by atoms with Crippen LogP contribution < -0.4 is 10.6 Å². The number of hydrogen-bond donors (Lipinski definition) is 2. The normalized spacial score (nSPS) is 19.1. The first-order chi connectivity index (χ1) is 9.62. The van der Waals surface area contributed by atoms with Gasteiger partial charge >= 0.3 is 0 Å².